The second-order valence-corrected chi connectivity index (χ2v) is 7.78. The topological polar surface area (TPSA) is 63.9 Å². The SMILES string of the molecule is C=CCN(CC=C)C(=O)CSc1nnc(-c2cccnc2)n1-c1ccc(C)cc1C. The van der Waals surface area contributed by atoms with Crippen molar-refractivity contribution in [2.45, 2.75) is 19.0 Å². The van der Waals surface area contributed by atoms with Crippen LogP contribution in [-0.2, 0) is 4.79 Å². The van der Waals surface area contributed by atoms with Crippen LogP contribution >= 0.6 is 11.8 Å². The second-order valence-electron chi connectivity index (χ2n) is 6.84. The van der Waals surface area contributed by atoms with E-state index < -0.39 is 0 Å². The molecule has 6 nitrogen and oxygen atoms in total. The maximum atomic E-state index is 12.7. The van der Waals surface area contributed by atoms with E-state index in [0.29, 0.717) is 24.1 Å². The zero-order chi connectivity index (χ0) is 21.5. The largest absolute Gasteiger partial charge is 0.335 e. The van der Waals surface area contributed by atoms with Gasteiger partial charge in [-0.15, -0.1) is 23.4 Å². The maximum absolute atomic E-state index is 12.7. The molecule has 0 spiro atoms. The first-order valence-electron chi connectivity index (χ1n) is 9.61. The molecule has 2 aromatic heterocycles. The van der Waals surface area contributed by atoms with Crippen LogP contribution in [-0.4, -0.2) is 49.4 Å². The van der Waals surface area contributed by atoms with Crippen LogP contribution in [0.1, 0.15) is 11.1 Å². The van der Waals surface area contributed by atoms with Gasteiger partial charge >= 0.3 is 0 Å². The molecular weight excluding hydrogens is 394 g/mol. The highest BCUT2D eigenvalue weighted by Gasteiger charge is 2.20. The number of carbonyl (C=O) groups excluding carboxylic acids is 1. The van der Waals surface area contributed by atoms with Crippen LogP contribution in [0.2, 0.25) is 0 Å². The molecule has 1 aromatic carbocycles. The van der Waals surface area contributed by atoms with Crippen LogP contribution in [0.5, 0.6) is 0 Å². The number of hydrogen-bond acceptors (Lipinski definition) is 5. The number of hydrogen-bond donors (Lipinski definition) is 0. The number of pyridine rings is 1. The molecule has 0 saturated heterocycles. The zero-order valence-corrected chi connectivity index (χ0v) is 18.1. The lowest BCUT2D eigenvalue weighted by Crippen LogP contribution is -2.32. The Bertz CT molecular complexity index is 1040. The summed E-state index contributed by atoms with van der Waals surface area (Å²) in [6.07, 6.45) is 6.92. The molecule has 0 aliphatic carbocycles. The minimum atomic E-state index is -0.00194. The molecule has 30 heavy (non-hydrogen) atoms. The van der Waals surface area contributed by atoms with E-state index in [4.69, 9.17) is 0 Å². The highest BCUT2D eigenvalue weighted by Crippen LogP contribution is 2.29. The fourth-order valence-electron chi connectivity index (χ4n) is 3.13. The number of nitrogens with zero attached hydrogens (tertiary/aromatic N) is 5. The Kier molecular flexibility index (Phi) is 7.19. The number of amides is 1. The van der Waals surface area contributed by atoms with Crippen molar-refractivity contribution in [3.63, 3.8) is 0 Å². The predicted octanol–water partition coefficient (Wildman–Crippen LogP) is 4.24. The number of aryl methyl sites for hydroxylation is 2. The monoisotopic (exact) mass is 419 g/mol. The smallest absolute Gasteiger partial charge is 0.233 e. The highest BCUT2D eigenvalue weighted by atomic mass is 32.2. The second kappa shape index (κ2) is 10.0. The standard InChI is InChI=1S/C23H25N5OS/c1-5-12-27(13-6-2)21(29)16-30-23-26-25-22(19-8-7-11-24-15-19)28(23)20-10-9-17(3)14-18(20)4/h5-11,14-15H,1-2,12-13,16H2,3-4H3. The molecular formula is C23H25N5OS. The Balaban J connectivity index is 1.97. The molecule has 3 rings (SSSR count). The Morgan fingerprint density at radius 3 is 2.57 bits per heavy atom. The lowest BCUT2D eigenvalue weighted by Gasteiger charge is -2.19. The first-order chi connectivity index (χ1) is 14.5. The van der Waals surface area contributed by atoms with Crippen LogP contribution in [0.25, 0.3) is 17.1 Å². The summed E-state index contributed by atoms with van der Waals surface area (Å²) in [7, 11) is 0. The van der Waals surface area contributed by atoms with Gasteiger partial charge in [0.25, 0.3) is 0 Å². The van der Waals surface area contributed by atoms with Gasteiger partial charge in [0.1, 0.15) is 0 Å². The van der Waals surface area contributed by atoms with Crippen molar-refractivity contribution in [1.29, 1.82) is 0 Å². The summed E-state index contributed by atoms with van der Waals surface area (Å²) in [6, 6.07) is 10.1. The van der Waals surface area contributed by atoms with Crippen molar-refractivity contribution in [2.75, 3.05) is 18.8 Å². The molecule has 154 valence electrons. The Morgan fingerprint density at radius 1 is 1.17 bits per heavy atom. The average molecular weight is 420 g/mol. The van der Waals surface area contributed by atoms with Gasteiger partial charge in [-0.2, -0.15) is 0 Å². The Labute approximate surface area is 181 Å². The van der Waals surface area contributed by atoms with Crippen LogP contribution in [0.15, 0.2) is 73.2 Å². The molecule has 0 N–H and O–H groups in total. The number of thioether (sulfide) groups is 1. The summed E-state index contributed by atoms with van der Waals surface area (Å²) >= 11 is 1.37. The normalized spacial score (nSPS) is 10.6. The van der Waals surface area contributed by atoms with Crippen LogP contribution in [0.4, 0.5) is 0 Å². The third-order valence-electron chi connectivity index (χ3n) is 4.52. The van der Waals surface area contributed by atoms with Crippen molar-refractivity contribution >= 4 is 17.7 Å². The van der Waals surface area contributed by atoms with Gasteiger partial charge in [-0.05, 0) is 37.6 Å². The number of carbonyl (C=O) groups is 1. The first kappa shape index (κ1) is 21.5. The summed E-state index contributed by atoms with van der Waals surface area (Å²) in [5.41, 5.74) is 4.13. The van der Waals surface area contributed by atoms with E-state index in [1.807, 2.05) is 16.7 Å². The summed E-state index contributed by atoms with van der Waals surface area (Å²) in [4.78, 5) is 18.6. The predicted molar refractivity (Wildman–Crippen MR) is 122 cm³/mol. The molecule has 0 bridgehead atoms. The van der Waals surface area contributed by atoms with E-state index in [1.54, 1.807) is 29.4 Å². The number of aromatic nitrogens is 4. The minimum Gasteiger partial charge on any atom is -0.335 e. The molecule has 0 unspecified atom stereocenters. The van der Waals surface area contributed by atoms with E-state index in [2.05, 4.69) is 60.4 Å². The van der Waals surface area contributed by atoms with Crippen molar-refractivity contribution in [3.05, 3.63) is 79.2 Å². The first-order valence-corrected chi connectivity index (χ1v) is 10.6. The molecule has 2 heterocycles. The molecule has 0 saturated carbocycles. The quantitative estimate of drug-likeness (QED) is 0.383. The number of benzene rings is 1. The van der Waals surface area contributed by atoms with E-state index in [-0.39, 0.29) is 11.7 Å². The Hall–Kier alpha value is -3.19. The molecule has 7 heteroatoms. The van der Waals surface area contributed by atoms with Gasteiger partial charge in [-0.3, -0.25) is 14.3 Å². The minimum absolute atomic E-state index is 0.00194. The summed E-state index contributed by atoms with van der Waals surface area (Å²) in [5, 5.41) is 9.47. The summed E-state index contributed by atoms with van der Waals surface area (Å²) in [5.74, 6) is 0.939. The van der Waals surface area contributed by atoms with Gasteiger partial charge in [-0.25, -0.2) is 0 Å². The van der Waals surface area contributed by atoms with Gasteiger partial charge in [0.15, 0.2) is 11.0 Å². The van der Waals surface area contributed by atoms with E-state index >= 15 is 0 Å². The lowest BCUT2D eigenvalue weighted by molar-refractivity contribution is -0.127. The molecule has 1 amide bonds. The van der Waals surface area contributed by atoms with Crippen molar-refractivity contribution < 1.29 is 4.79 Å². The average Bonchev–Trinajstić information content (AvgIpc) is 3.16. The number of rotatable bonds is 9. The van der Waals surface area contributed by atoms with Crippen LogP contribution in [0, 0.1) is 13.8 Å². The fraction of sp³-hybridized carbons (Fsp3) is 0.217. The van der Waals surface area contributed by atoms with E-state index in [0.717, 1.165) is 16.8 Å². The third kappa shape index (κ3) is 4.86. The van der Waals surface area contributed by atoms with Gasteiger partial charge in [0, 0.05) is 31.0 Å². The fourth-order valence-corrected chi connectivity index (χ4v) is 3.97. The molecule has 3 aromatic rings. The van der Waals surface area contributed by atoms with Crippen molar-refractivity contribution in [1.82, 2.24) is 24.6 Å². The molecule has 0 aliphatic heterocycles. The van der Waals surface area contributed by atoms with Crippen LogP contribution < -0.4 is 0 Å². The van der Waals surface area contributed by atoms with Crippen molar-refractivity contribution in [3.8, 4) is 17.1 Å². The van der Waals surface area contributed by atoms with Gasteiger partial charge in [0.2, 0.25) is 5.91 Å². The summed E-state index contributed by atoms with van der Waals surface area (Å²) < 4.78 is 2.00. The third-order valence-corrected chi connectivity index (χ3v) is 5.44. The molecule has 0 radical (unpaired) electrons. The van der Waals surface area contributed by atoms with Gasteiger partial charge in [0.05, 0.1) is 11.4 Å². The maximum Gasteiger partial charge on any atom is 0.233 e. The lowest BCUT2D eigenvalue weighted by atomic mass is 10.1. The molecule has 0 fully saturated rings. The molecule has 0 aliphatic rings. The Morgan fingerprint density at radius 2 is 1.93 bits per heavy atom. The summed E-state index contributed by atoms with van der Waals surface area (Å²) in [6.45, 7) is 12.5. The van der Waals surface area contributed by atoms with Gasteiger partial charge < -0.3 is 4.90 Å². The van der Waals surface area contributed by atoms with Crippen LogP contribution in [0.3, 0.4) is 0 Å². The highest BCUT2D eigenvalue weighted by molar-refractivity contribution is 7.99. The van der Waals surface area contributed by atoms with Gasteiger partial charge in [-0.1, -0.05) is 41.6 Å². The molecule has 0 atom stereocenters. The van der Waals surface area contributed by atoms with Crippen molar-refractivity contribution in [2.24, 2.45) is 0 Å². The van der Waals surface area contributed by atoms with E-state index in [1.165, 1.54) is 17.3 Å². The zero-order valence-electron chi connectivity index (χ0n) is 17.3. The van der Waals surface area contributed by atoms with E-state index in [9.17, 15) is 4.79 Å².